The van der Waals surface area contributed by atoms with Gasteiger partial charge in [0.25, 0.3) is 0 Å². The van der Waals surface area contributed by atoms with Crippen molar-refractivity contribution in [2.24, 2.45) is 5.92 Å². The van der Waals surface area contributed by atoms with Gasteiger partial charge in [0.05, 0.1) is 12.2 Å². The number of aliphatic hydroxyl groups is 1. The molecule has 2 heteroatoms. The van der Waals surface area contributed by atoms with Gasteiger partial charge >= 0.3 is 0 Å². The second kappa shape index (κ2) is 10.2. The molecule has 0 radical (unpaired) electrons. The molecule has 0 aromatic heterocycles. The van der Waals surface area contributed by atoms with Gasteiger partial charge in [-0.05, 0) is 46.5 Å². The van der Waals surface area contributed by atoms with E-state index in [1.165, 1.54) is 12.8 Å². The van der Waals surface area contributed by atoms with Crippen LogP contribution in [-0.4, -0.2) is 23.9 Å². The summed E-state index contributed by atoms with van der Waals surface area (Å²) in [5.74, 6) is 0.704. The average molecular weight is 268 g/mol. The van der Waals surface area contributed by atoms with E-state index in [4.69, 9.17) is 9.84 Å². The highest BCUT2D eigenvalue weighted by Crippen LogP contribution is 2.21. The molecule has 0 aliphatic heterocycles. The Bertz CT molecular complexity index is 277. The summed E-state index contributed by atoms with van der Waals surface area (Å²) >= 11 is 0. The molecule has 0 spiro atoms. The van der Waals surface area contributed by atoms with Gasteiger partial charge in [-0.1, -0.05) is 43.6 Å². The van der Waals surface area contributed by atoms with E-state index in [1.54, 1.807) is 0 Å². The fraction of sp³-hybridized carbons (Fsp3) is 0.765. The molecule has 1 atom stereocenters. The second-order valence-electron chi connectivity index (χ2n) is 5.96. The van der Waals surface area contributed by atoms with Gasteiger partial charge in [-0.15, -0.1) is 0 Å². The third-order valence-corrected chi connectivity index (χ3v) is 3.34. The van der Waals surface area contributed by atoms with E-state index in [2.05, 4.69) is 39.8 Å². The molecule has 0 aliphatic rings. The van der Waals surface area contributed by atoms with E-state index < -0.39 is 0 Å². The molecule has 0 aromatic rings. The summed E-state index contributed by atoms with van der Waals surface area (Å²) in [5.41, 5.74) is 1.15. The minimum atomic E-state index is 0.0186. The topological polar surface area (TPSA) is 29.5 Å². The monoisotopic (exact) mass is 268 g/mol. The van der Waals surface area contributed by atoms with Crippen molar-refractivity contribution in [3.05, 3.63) is 23.8 Å². The molecule has 0 fully saturated rings. The van der Waals surface area contributed by atoms with Gasteiger partial charge in [-0.25, -0.2) is 0 Å². The number of allylic oxidation sites excluding steroid dienone is 3. The highest BCUT2D eigenvalue weighted by Gasteiger charge is 2.17. The lowest BCUT2D eigenvalue weighted by Crippen LogP contribution is -2.24. The Labute approximate surface area is 119 Å². The van der Waals surface area contributed by atoms with Crippen molar-refractivity contribution in [1.82, 2.24) is 0 Å². The highest BCUT2D eigenvalue weighted by atomic mass is 16.5. The predicted molar refractivity (Wildman–Crippen MR) is 83.3 cm³/mol. The maximum Gasteiger partial charge on any atom is 0.0626 e. The summed E-state index contributed by atoms with van der Waals surface area (Å²) in [6, 6.07) is 0. The van der Waals surface area contributed by atoms with E-state index in [1.807, 2.05) is 13.0 Å². The third kappa shape index (κ3) is 11.0. The standard InChI is InChI=1S/C17H32O2/c1-6-19-17(4,5)13-8-11-15(2)9-7-10-16(3)12-14-18/h7,10,12,15,18H,6,8-9,11,13-14H2,1-5H3. The summed E-state index contributed by atoms with van der Waals surface area (Å²) in [6.07, 6.45) is 10.8. The Morgan fingerprint density at radius 1 is 1.37 bits per heavy atom. The molecule has 0 saturated carbocycles. The van der Waals surface area contributed by atoms with Crippen LogP contribution in [-0.2, 0) is 4.74 Å². The smallest absolute Gasteiger partial charge is 0.0626 e. The molecule has 1 N–H and O–H groups in total. The van der Waals surface area contributed by atoms with Crippen LogP contribution in [0.4, 0.5) is 0 Å². The van der Waals surface area contributed by atoms with Crippen molar-refractivity contribution in [2.75, 3.05) is 13.2 Å². The SMILES string of the molecule is CCOC(C)(C)CCCC(C)CC=CC(C)=CCO. The Kier molecular flexibility index (Phi) is 9.90. The Balaban J connectivity index is 3.82. The van der Waals surface area contributed by atoms with Gasteiger partial charge in [0, 0.05) is 6.61 Å². The van der Waals surface area contributed by atoms with Gasteiger partial charge < -0.3 is 9.84 Å². The van der Waals surface area contributed by atoms with Crippen molar-refractivity contribution in [3.8, 4) is 0 Å². The fourth-order valence-corrected chi connectivity index (χ4v) is 2.16. The van der Waals surface area contributed by atoms with Crippen LogP contribution in [0.1, 0.15) is 60.3 Å². The van der Waals surface area contributed by atoms with Gasteiger partial charge in [-0.3, -0.25) is 0 Å². The first kappa shape index (κ1) is 18.4. The van der Waals surface area contributed by atoms with Crippen LogP contribution in [0.15, 0.2) is 23.8 Å². The lowest BCUT2D eigenvalue weighted by atomic mass is 9.95. The molecule has 0 bridgehead atoms. The van der Waals surface area contributed by atoms with Crippen molar-refractivity contribution >= 4 is 0 Å². The Morgan fingerprint density at radius 2 is 2.05 bits per heavy atom. The maximum absolute atomic E-state index is 8.76. The summed E-state index contributed by atoms with van der Waals surface area (Å²) in [6.45, 7) is 11.6. The van der Waals surface area contributed by atoms with Crippen molar-refractivity contribution in [1.29, 1.82) is 0 Å². The summed E-state index contributed by atoms with van der Waals surface area (Å²) in [5, 5.41) is 8.76. The minimum absolute atomic E-state index is 0.0186. The lowest BCUT2D eigenvalue weighted by molar-refractivity contribution is -0.0182. The predicted octanol–water partition coefficient (Wildman–Crippen LogP) is 4.49. The zero-order valence-electron chi connectivity index (χ0n) is 13.4. The molecule has 0 aromatic carbocycles. The molecular weight excluding hydrogens is 236 g/mol. The molecule has 0 aliphatic carbocycles. The molecule has 1 unspecified atom stereocenters. The van der Waals surface area contributed by atoms with Crippen LogP contribution >= 0.6 is 0 Å². The highest BCUT2D eigenvalue weighted by molar-refractivity contribution is 5.15. The van der Waals surface area contributed by atoms with E-state index >= 15 is 0 Å². The van der Waals surface area contributed by atoms with Crippen LogP contribution in [0.2, 0.25) is 0 Å². The number of hydrogen-bond donors (Lipinski definition) is 1. The van der Waals surface area contributed by atoms with Crippen molar-refractivity contribution < 1.29 is 9.84 Å². The van der Waals surface area contributed by atoms with E-state index in [9.17, 15) is 0 Å². The largest absolute Gasteiger partial charge is 0.392 e. The van der Waals surface area contributed by atoms with Gasteiger partial charge in [0.1, 0.15) is 0 Å². The summed E-state index contributed by atoms with van der Waals surface area (Å²) in [4.78, 5) is 0. The Hall–Kier alpha value is -0.600. The fourth-order valence-electron chi connectivity index (χ4n) is 2.16. The summed E-state index contributed by atoms with van der Waals surface area (Å²) in [7, 11) is 0. The molecule has 112 valence electrons. The first-order valence-electron chi connectivity index (χ1n) is 7.49. The van der Waals surface area contributed by atoms with E-state index in [-0.39, 0.29) is 12.2 Å². The quantitative estimate of drug-likeness (QED) is 0.591. The van der Waals surface area contributed by atoms with Gasteiger partial charge in [-0.2, -0.15) is 0 Å². The van der Waals surface area contributed by atoms with Crippen molar-refractivity contribution in [2.45, 2.75) is 65.9 Å². The van der Waals surface area contributed by atoms with Crippen LogP contribution in [0.5, 0.6) is 0 Å². The first-order chi connectivity index (χ1) is 8.91. The number of hydrogen-bond acceptors (Lipinski definition) is 2. The van der Waals surface area contributed by atoms with Gasteiger partial charge in [0.2, 0.25) is 0 Å². The van der Waals surface area contributed by atoms with E-state index in [0.717, 1.165) is 25.0 Å². The van der Waals surface area contributed by atoms with Crippen molar-refractivity contribution in [3.63, 3.8) is 0 Å². The minimum Gasteiger partial charge on any atom is -0.392 e. The normalized spacial score (nSPS) is 15.2. The van der Waals surface area contributed by atoms with Crippen LogP contribution in [0.3, 0.4) is 0 Å². The molecule has 0 amide bonds. The van der Waals surface area contributed by atoms with Crippen LogP contribution in [0.25, 0.3) is 0 Å². The second-order valence-corrected chi connectivity index (χ2v) is 5.96. The van der Waals surface area contributed by atoms with E-state index in [0.29, 0.717) is 5.92 Å². The number of rotatable bonds is 10. The zero-order chi connectivity index (χ0) is 14.7. The lowest BCUT2D eigenvalue weighted by Gasteiger charge is -2.25. The zero-order valence-corrected chi connectivity index (χ0v) is 13.4. The Morgan fingerprint density at radius 3 is 2.63 bits per heavy atom. The molecule has 0 heterocycles. The number of ether oxygens (including phenoxy) is 1. The molecular formula is C17H32O2. The number of aliphatic hydroxyl groups excluding tert-OH is 1. The molecule has 19 heavy (non-hydrogen) atoms. The first-order valence-corrected chi connectivity index (χ1v) is 7.49. The van der Waals surface area contributed by atoms with Crippen LogP contribution in [0, 0.1) is 5.92 Å². The summed E-state index contributed by atoms with van der Waals surface area (Å²) < 4.78 is 5.71. The molecule has 0 saturated heterocycles. The third-order valence-electron chi connectivity index (χ3n) is 3.34. The van der Waals surface area contributed by atoms with Crippen LogP contribution < -0.4 is 0 Å². The molecule has 2 nitrogen and oxygen atoms in total. The molecule has 0 rings (SSSR count). The average Bonchev–Trinajstić information content (AvgIpc) is 2.28. The maximum atomic E-state index is 8.76. The van der Waals surface area contributed by atoms with Gasteiger partial charge in [0.15, 0.2) is 0 Å².